The van der Waals surface area contributed by atoms with Gasteiger partial charge in [0.25, 0.3) is 5.91 Å². The number of hydrogen-bond donors (Lipinski definition) is 1. The summed E-state index contributed by atoms with van der Waals surface area (Å²) in [6, 6.07) is 16.7. The van der Waals surface area contributed by atoms with Crippen molar-refractivity contribution in [2.24, 2.45) is 0 Å². The molecule has 2 heterocycles. The average Bonchev–Trinajstić information content (AvgIpc) is 3.33. The molecule has 29 heavy (non-hydrogen) atoms. The van der Waals surface area contributed by atoms with Crippen LogP contribution in [0.1, 0.15) is 11.5 Å². The summed E-state index contributed by atoms with van der Waals surface area (Å²) in [6.07, 6.45) is 1.83. The molecule has 0 radical (unpaired) electrons. The van der Waals surface area contributed by atoms with E-state index in [-0.39, 0.29) is 23.7 Å². The normalized spacial score (nSPS) is 22.2. The highest BCUT2D eigenvalue weighted by molar-refractivity contribution is 5.94. The number of halogens is 1. The van der Waals surface area contributed by atoms with Crippen molar-refractivity contribution < 1.29 is 9.18 Å². The van der Waals surface area contributed by atoms with Gasteiger partial charge in [0.2, 0.25) is 0 Å². The first-order valence-electron chi connectivity index (χ1n) is 9.71. The van der Waals surface area contributed by atoms with E-state index in [4.69, 9.17) is 0 Å². The number of amides is 1. The zero-order valence-corrected chi connectivity index (χ0v) is 16.9. The molecule has 2 atom stereocenters. The number of hydrogen-bond acceptors (Lipinski definition) is 5. The first kappa shape index (κ1) is 19.4. The second kappa shape index (κ2) is 7.85. The van der Waals surface area contributed by atoms with Gasteiger partial charge in [-0.2, -0.15) is 0 Å². The van der Waals surface area contributed by atoms with Gasteiger partial charge in [-0.15, -0.1) is 5.12 Å². The van der Waals surface area contributed by atoms with Crippen LogP contribution in [-0.2, 0) is 4.79 Å². The van der Waals surface area contributed by atoms with E-state index in [1.54, 1.807) is 5.12 Å². The summed E-state index contributed by atoms with van der Waals surface area (Å²) >= 11 is 0. The van der Waals surface area contributed by atoms with Gasteiger partial charge in [0.05, 0.1) is 11.9 Å². The zero-order chi connectivity index (χ0) is 20.5. The third kappa shape index (κ3) is 3.83. The van der Waals surface area contributed by atoms with Crippen molar-refractivity contribution in [3.05, 3.63) is 77.9 Å². The number of hydrazine groups is 2. The minimum absolute atomic E-state index is 0.0354. The standard InChI is InChI=1S/C22H26FN5O/c1-25(2)21-15-27(13-19(21)16-9-11-17(23)12-10-16)22(29)20-14-28(26(3)24-20)18-7-5-4-6-8-18/h4-12,14,19,21,24H,13,15H2,1-3H3. The van der Waals surface area contributed by atoms with Crippen molar-refractivity contribution in [1.82, 2.24) is 20.3 Å². The van der Waals surface area contributed by atoms with Gasteiger partial charge in [0.15, 0.2) is 0 Å². The first-order valence-corrected chi connectivity index (χ1v) is 9.71. The molecule has 0 bridgehead atoms. The lowest BCUT2D eigenvalue weighted by Crippen LogP contribution is -2.42. The number of benzene rings is 2. The van der Waals surface area contributed by atoms with Crippen molar-refractivity contribution in [2.75, 3.05) is 39.2 Å². The quantitative estimate of drug-likeness (QED) is 0.861. The molecule has 7 heteroatoms. The van der Waals surface area contributed by atoms with Gasteiger partial charge in [0, 0.05) is 32.1 Å². The fourth-order valence-electron chi connectivity index (χ4n) is 4.08. The van der Waals surface area contributed by atoms with Crippen LogP contribution >= 0.6 is 0 Å². The van der Waals surface area contributed by atoms with Crippen LogP contribution in [-0.4, -0.2) is 61.1 Å². The average molecular weight is 395 g/mol. The lowest BCUT2D eigenvalue weighted by Gasteiger charge is -2.25. The van der Waals surface area contributed by atoms with E-state index < -0.39 is 0 Å². The smallest absolute Gasteiger partial charge is 0.273 e. The second-order valence-corrected chi connectivity index (χ2v) is 7.76. The van der Waals surface area contributed by atoms with Crippen molar-refractivity contribution >= 4 is 11.6 Å². The fourth-order valence-corrected chi connectivity index (χ4v) is 4.08. The van der Waals surface area contributed by atoms with Gasteiger partial charge in [-0.3, -0.25) is 15.2 Å². The summed E-state index contributed by atoms with van der Waals surface area (Å²) < 4.78 is 13.4. The summed E-state index contributed by atoms with van der Waals surface area (Å²) in [5.74, 6) is -0.142. The molecule has 6 nitrogen and oxygen atoms in total. The molecule has 1 saturated heterocycles. The Morgan fingerprint density at radius 3 is 2.41 bits per heavy atom. The van der Waals surface area contributed by atoms with Crippen LogP contribution in [0.5, 0.6) is 0 Å². The van der Waals surface area contributed by atoms with Crippen LogP contribution in [0.25, 0.3) is 0 Å². The number of nitrogens with one attached hydrogen (secondary N) is 1. The van der Waals surface area contributed by atoms with Crippen LogP contribution in [0.2, 0.25) is 0 Å². The summed E-state index contributed by atoms with van der Waals surface area (Å²) in [5, 5.41) is 3.70. The van der Waals surface area contributed by atoms with E-state index in [2.05, 4.69) is 10.3 Å². The monoisotopic (exact) mass is 395 g/mol. The Morgan fingerprint density at radius 1 is 1.07 bits per heavy atom. The number of likely N-dealkylation sites (N-methyl/N-ethyl adjacent to an activating group) is 1. The largest absolute Gasteiger partial charge is 0.335 e. The predicted molar refractivity (Wildman–Crippen MR) is 111 cm³/mol. The lowest BCUT2D eigenvalue weighted by atomic mass is 9.94. The molecule has 2 aliphatic heterocycles. The number of anilines is 1. The highest BCUT2D eigenvalue weighted by atomic mass is 19.1. The van der Waals surface area contributed by atoms with Gasteiger partial charge >= 0.3 is 0 Å². The van der Waals surface area contributed by atoms with E-state index in [0.29, 0.717) is 18.8 Å². The minimum atomic E-state index is -0.245. The Bertz CT molecular complexity index is 899. The number of likely N-dealkylation sites (tertiary alicyclic amines) is 1. The van der Waals surface area contributed by atoms with Gasteiger partial charge in [-0.1, -0.05) is 30.3 Å². The molecule has 2 aromatic carbocycles. The number of rotatable bonds is 4. The van der Waals surface area contributed by atoms with E-state index in [0.717, 1.165) is 11.3 Å². The molecule has 2 aromatic rings. The third-order valence-electron chi connectivity index (χ3n) is 5.65. The van der Waals surface area contributed by atoms with Gasteiger partial charge in [-0.25, -0.2) is 4.39 Å². The maximum absolute atomic E-state index is 13.4. The Hall–Kier alpha value is -2.90. The van der Waals surface area contributed by atoms with Crippen molar-refractivity contribution in [3.63, 3.8) is 0 Å². The topological polar surface area (TPSA) is 42.1 Å². The second-order valence-electron chi connectivity index (χ2n) is 7.76. The van der Waals surface area contributed by atoms with Crippen LogP contribution in [0.3, 0.4) is 0 Å². The van der Waals surface area contributed by atoms with Crippen molar-refractivity contribution in [2.45, 2.75) is 12.0 Å². The van der Waals surface area contributed by atoms with Crippen LogP contribution in [0, 0.1) is 5.82 Å². The molecule has 0 saturated carbocycles. The number of carbonyl (C=O) groups is 1. The van der Waals surface area contributed by atoms with Crippen LogP contribution < -0.4 is 10.4 Å². The number of para-hydroxylation sites is 1. The molecule has 0 aliphatic carbocycles. The Balaban J connectivity index is 1.54. The predicted octanol–water partition coefficient (Wildman–Crippen LogP) is 2.39. The summed E-state index contributed by atoms with van der Waals surface area (Å²) in [6.45, 7) is 1.23. The Labute approximate surface area is 170 Å². The molecule has 2 aliphatic rings. The van der Waals surface area contributed by atoms with Crippen molar-refractivity contribution in [1.29, 1.82) is 0 Å². The van der Waals surface area contributed by atoms with Crippen molar-refractivity contribution in [3.8, 4) is 0 Å². The number of carbonyl (C=O) groups excluding carboxylic acids is 1. The zero-order valence-electron chi connectivity index (χ0n) is 16.9. The van der Waals surface area contributed by atoms with Gasteiger partial charge < -0.3 is 9.80 Å². The molecular formula is C22H26FN5O. The summed E-state index contributed by atoms with van der Waals surface area (Å²) in [4.78, 5) is 17.2. The lowest BCUT2D eigenvalue weighted by molar-refractivity contribution is -0.127. The molecular weight excluding hydrogens is 369 g/mol. The van der Waals surface area contributed by atoms with E-state index in [9.17, 15) is 9.18 Å². The minimum Gasteiger partial charge on any atom is -0.335 e. The summed E-state index contributed by atoms with van der Waals surface area (Å²) in [7, 11) is 5.91. The molecule has 152 valence electrons. The maximum Gasteiger partial charge on any atom is 0.273 e. The molecule has 1 N–H and O–H groups in total. The van der Waals surface area contributed by atoms with E-state index >= 15 is 0 Å². The molecule has 4 rings (SSSR count). The SMILES string of the molecule is CN(C)C1CN(C(=O)C2=CN(c3ccccc3)N(C)N2)CC1c1ccc(F)cc1. The van der Waals surface area contributed by atoms with E-state index in [1.807, 2.05) is 79.7 Å². The fraction of sp³-hybridized carbons (Fsp3) is 0.318. The first-order chi connectivity index (χ1) is 13.9. The maximum atomic E-state index is 13.4. The molecule has 0 spiro atoms. The molecule has 1 fully saturated rings. The Kier molecular flexibility index (Phi) is 5.25. The molecule has 1 amide bonds. The molecule has 2 unspecified atom stereocenters. The number of nitrogens with zero attached hydrogens (tertiary/aromatic N) is 4. The van der Waals surface area contributed by atoms with Crippen LogP contribution in [0.4, 0.5) is 10.1 Å². The Morgan fingerprint density at radius 2 is 1.76 bits per heavy atom. The summed E-state index contributed by atoms with van der Waals surface area (Å²) in [5.41, 5.74) is 5.71. The highest BCUT2D eigenvalue weighted by Crippen LogP contribution is 2.31. The van der Waals surface area contributed by atoms with E-state index in [1.165, 1.54) is 12.1 Å². The molecule has 0 aromatic heterocycles. The highest BCUT2D eigenvalue weighted by Gasteiger charge is 2.39. The van der Waals surface area contributed by atoms with Gasteiger partial charge in [-0.05, 0) is 43.9 Å². The van der Waals surface area contributed by atoms with Crippen LogP contribution in [0.15, 0.2) is 66.5 Å². The van der Waals surface area contributed by atoms with Gasteiger partial charge in [0.1, 0.15) is 11.5 Å². The third-order valence-corrected chi connectivity index (χ3v) is 5.65.